The Kier molecular flexibility index (Phi) is 5.70. The van der Waals surface area contributed by atoms with E-state index in [-0.39, 0.29) is 21.7 Å². The molecule has 1 aromatic heterocycles. The minimum atomic E-state index is -0.552. The third kappa shape index (κ3) is 4.12. The first-order valence-corrected chi connectivity index (χ1v) is 9.27. The number of carbonyl (C=O) groups excluding carboxylic acids is 1. The summed E-state index contributed by atoms with van der Waals surface area (Å²) in [6, 6.07) is 12.5. The molecular weight excluding hydrogens is 397 g/mol. The molecule has 0 saturated heterocycles. The second kappa shape index (κ2) is 7.99. The fourth-order valence-electron chi connectivity index (χ4n) is 2.17. The van der Waals surface area contributed by atoms with Crippen molar-refractivity contribution < 1.29 is 14.0 Å². The number of benzene rings is 2. The van der Waals surface area contributed by atoms with Gasteiger partial charge >= 0.3 is 10.7 Å². The topological polar surface area (TPSA) is 79.0 Å². The summed E-state index contributed by atoms with van der Waals surface area (Å²) >= 11 is 13.0. The average molecular weight is 411 g/mol. The number of aromatic amines is 1. The Morgan fingerprint density at radius 3 is 2.69 bits per heavy atom. The number of nitrogens with zero attached hydrogens (tertiary/aromatic N) is 1. The van der Waals surface area contributed by atoms with Crippen molar-refractivity contribution >= 4 is 46.6 Å². The molecular formula is C17H14Cl2N3O3S+. The maximum atomic E-state index is 12.2. The normalized spacial score (nSPS) is 10.7. The van der Waals surface area contributed by atoms with Crippen LogP contribution < -0.4 is 15.6 Å². The maximum Gasteiger partial charge on any atom is 0.442 e. The van der Waals surface area contributed by atoms with Crippen LogP contribution in [0.15, 0.2) is 56.8 Å². The van der Waals surface area contributed by atoms with Crippen molar-refractivity contribution in [1.82, 2.24) is 5.27 Å². The zero-order valence-electron chi connectivity index (χ0n) is 13.6. The number of H-pyrrole nitrogens is 1. The second-order valence-corrected chi connectivity index (χ2v) is 7.14. The molecule has 3 rings (SSSR count). The maximum absolute atomic E-state index is 12.2. The largest absolute Gasteiger partial charge is 0.442 e. The monoisotopic (exact) mass is 410 g/mol. The predicted molar refractivity (Wildman–Crippen MR) is 101 cm³/mol. The van der Waals surface area contributed by atoms with Gasteiger partial charge in [0.15, 0.2) is 0 Å². The standard InChI is InChI=1S/C17H13Cl2N3O3S/c1-10-5-7-11(8-6-10)22-16(17(24)25-21-22)26-9-14(23)20-13-4-2-3-12(18)15(13)19/h2-8H,9H2,1H3,(H-,20,21,23,24)/p+1. The first-order chi connectivity index (χ1) is 12.5. The van der Waals surface area contributed by atoms with Gasteiger partial charge in [-0.05, 0) is 40.8 Å². The number of hydrogen-bond acceptors (Lipinski definition) is 4. The zero-order valence-corrected chi connectivity index (χ0v) is 15.9. The van der Waals surface area contributed by atoms with E-state index < -0.39 is 5.63 Å². The molecule has 2 aromatic carbocycles. The van der Waals surface area contributed by atoms with Gasteiger partial charge in [0, 0.05) is 12.1 Å². The predicted octanol–water partition coefficient (Wildman–Crippen LogP) is 3.59. The molecule has 0 fully saturated rings. The van der Waals surface area contributed by atoms with Gasteiger partial charge in [-0.3, -0.25) is 9.32 Å². The summed E-state index contributed by atoms with van der Waals surface area (Å²) in [6.45, 7) is 1.97. The summed E-state index contributed by atoms with van der Waals surface area (Å²) in [5, 5.41) is 6.09. The number of nitrogens with one attached hydrogen (secondary N) is 2. The number of hydrogen-bond donors (Lipinski definition) is 2. The van der Waals surface area contributed by atoms with Gasteiger partial charge in [-0.25, -0.2) is 4.79 Å². The van der Waals surface area contributed by atoms with Gasteiger partial charge in [-0.2, -0.15) is 0 Å². The average Bonchev–Trinajstić information content (AvgIpc) is 2.98. The molecule has 2 N–H and O–H groups in total. The van der Waals surface area contributed by atoms with Crippen LogP contribution in [0, 0.1) is 6.92 Å². The van der Waals surface area contributed by atoms with Gasteiger partial charge in [0.1, 0.15) is 0 Å². The van der Waals surface area contributed by atoms with Crippen molar-refractivity contribution in [2.45, 2.75) is 11.9 Å². The molecule has 0 unspecified atom stereocenters. The minimum Gasteiger partial charge on any atom is -0.324 e. The molecule has 0 spiro atoms. The smallest absolute Gasteiger partial charge is 0.324 e. The third-order valence-electron chi connectivity index (χ3n) is 3.47. The van der Waals surface area contributed by atoms with Gasteiger partial charge in [-0.15, -0.1) is 0 Å². The van der Waals surface area contributed by atoms with Crippen LogP contribution in [-0.4, -0.2) is 16.9 Å². The van der Waals surface area contributed by atoms with Crippen LogP contribution in [0.5, 0.6) is 0 Å². The zero-order chi connectivity index (χ0) is 18.7. The van der Waals surface area contributed by atoms with Crippen molar-refractivity contribution in [3.8, 4) is 5.69 Å². The number of rotatable bonds is 5. The van der Waals surface area contributed by atoms with Gasteiger partial charge in [-0.1, -0.05) is 47.0 Å². The number of anilines is 1. The van der Waals surface area contributed by atoms with E-state index in [1.54, 1.807) is 18.2 Å². The number of aromatic nitrogens is 2. The summed E-state index contributed by atoms with van der Waals surface area (Å²) < 4.78 is 6.35. The van der Waals surface area contributed by atoms with Crippen molar-refractivity contribution in [3.05, 3.63) is 68.5 Å². The van der Waals surface area contributed by atoms with E-state index in [1.807, 2.05) is 31.2 Å². The first kappa shape index (κ1) is 18.6. The van der Waals surface area contributed by atoms with Crippen LogP contribution in [0.2, 0.25) is 10.0 Å². The Morgan fingerprint density at radius 2 is 1.96 bits per heavy atom. The number of carbonyl (C=O) groups is 1. The highest BCUT2D eigenvalue weighted by Crippen LogP contribution is 2.29. The van der Waals surface area contributed by atoms with Crippen molar-refractivity contribution in [1.29, 1.82) is 0 Å². The molecule has 0 aliphatic heterocycles. The van der Waals surface area contributed by atoms with Crippen LogP contribution in [-0.2, 0) is 4.79 Å². The molecule has 0 bridgehead atoms. The molecule has 26 heavy (non-hydrogen) atoms. The molecule has 0 aliphatic carbocycles. The highest BCUT2D eigenvalue weighted by Gasteiger charge is 2.25. The molecule has 0 radical (unpaired) electrons. The van der Waals surface area contributed by atoms with Crippen molar-refractivity contribution in [3.63, 3.8) is 0 Å². The van der Waals surface area contributed by atoms with E-state index in [1.165, 1.54) is 4.68 Å². The molecule has 0 saturated carbocycles. The summed E-state index contributed by atoms with van der Waals surface area (Å²) in [6.07, 6.45) is 0. The molecule has 3 aromatic rings. The summed E-state index contributed by atoms with van der Waals surface area (Å²) in [7, 11) is 0. The van der Waals surface area contributed by atoms with Crippen molar-refractivity contribution in [2.24, 2.45) is 0 Å². The fraction of sp³-hybridized carbons (Fsp3) is 0.118. The van der Waals surface area contributed by atoms with Crippen LogP contribution >= 0.6 is 35.0 Å². The van der Waals surface area contributed by atoms with E-state index in [0.29, 0.717) is 10.7 Å². The molecule has 9 heteroatoms. The van der Waals surface area contributed by atoms with E-state index in [4.69, 9.17) is 27.7 Å². The quantitative estimate of drug-likeness (QED) is 0.497. The minimum absolute atomic E-state index is 0.00266. The van der Waals surface area contributed by atoms with Crippen LogP contribution in [0.4, 0.5) is 5.69 Å². The Labute approximate surface area is 163 Å². The fourth-order valence-corrected chi connectivity index (χ4v) is 3.29. The molecule has 134 valence electrons. The summed E-state index contributed by atoms with van der Waals surface area (Å²) in [5.41, 5.74) is 1.68. The SMILES string of the molecule is Cc1ccc(-[n+]2[nH]oc(=O)c2SCC(=O)Nc2cccc(Cl)c2Cl)cc1. The lowest BCUT2D eigenvalue weighted by Crippen LogP contribution is -2.36. The van der Waals surface area contributed by atoms with E-state index >= 15 is 0 Å². The Morgan fingerprint density at radius 1 is 1.23 bits per heavy atom. The lowest BCUT2D eigenvalue weighted by Gasteiger charge is -2.06. The van der Waals surface area contributed by atoms with Gasteiger partial charge in [0.2, 0.25) is 11.6 Å². The third-order valence-corrected chi connectivity index (χ3v) is 5.31. The van der Waals surface area contributed by atoms with Crippen LogP contribution in [0.1, 0.15) is 5.56 Å². The van der Waals surface area contributed by atoms with Crippen molar-refractivity contribution in [2.75, 3.05) is 11.1 Å². The number of halogens is 2. The highest BCUT2D eigenvalue weighted by atomic mass is 35.5. The van der Waals surface area contributed by atoms with Gasteiger partial charge in [0.25, 0.3) is 0 Å². The lowest BCUT2D eigenvalue weighted by molar-refractivity contribution is -0.704. The lowest BCUT2D eigenvalue weighted by atomic mass is 10.2. The van der Waals surface area contributed by atoms with Crippen LogP contribution in [0.3, 0.4) is 0 Å². The number of amides is 1. The molecule has 6 nitrogen and oxygen atoms in total. The molecule has 1 amide bonds. The summed E-state index contributed by atoms with van der Waals surface area (Å²) in [5.74, 6) is -0.327. The Bertz CT molecular complexity index is 999. The highest BCUT2D eigenvalue weighted by molar-refractivity contribution is 7.99. The number of thioether (sulfide) groups is 1. The number of aryl methyl sites for hydroxylation is 1. The van der Waals surface area contributed by atoms with Crippen LogP contribution in [0.25, 0.3) is 5.69 Å². The molecule has 1 heterocycles. The van der Waals surface area contributed by atoms with Gasteiger partial charge in [0.05, 0.1) is 21.5 Å². The second-order valence-electron chi connectivity index (χ2n) is 5.40. The van der Waals surface area contributed by atoms with E-state index in [0.717, 1.165) is 23.0 Å². The van der Waals surface area contributed by atoms with E-state index in [9.17, 15) is 9.59 Å². The Hall–Kier alpha value is -2.22. The summed E-state index contributed by atoms with van der Waals surface area (Å²) in [4.78, 5) is 24.1. The molecule has 0 atom stereocenters. The Balaban J connectivity index is 1.73. The molecule has 0 aliphatic rings. The van der Waals surface area contributed by atoms with Gasteiger partial charge < -0.3 is 5.32 Å². The van der Waals surface area contributed by atoms with E-state index in [2.05, 4.69) is 10.6 Å². The first-order valence-electron chi connectivity index (χ1n) is 7.53.